The van der Waals surface area contributed by atoms with Gasteiger partial charge in [-0.1, -0.05) is 166 Å². The molecule has 0 atom stereocenters. The predicted octanol–water partition coefficient (Wildman–Crippen LogP) is 27.0. The number of rotatable bonds is 60. The molecule has 0 N–H and O–H groups in total. The smallest absolute Gasteiger partial charge is 0.0622 e. The van der Waals surface area contributed by atoms with Gasteiger partial charge in [-0.25, -0.2) is 0 Å². The van der Waals surface area contributed by atoms with Crippen molar-refractivity contribution in [3.05, 3.63) is 0 Å². The van der Waals surface area contributed by atoms with Gasteiger partial charge in [0.2, 0.25) is 0 Å². The number of carbonyl (C=O) groups excluding carboxylic acids is 4. The van der Waals surface area contributed by atoms with Gasteiger partial charge in [0, 0.05) is 0 Å². The van der Waals surface area contributed by atoms with E-state index in [1.165, 1.54) is 128 Å². The molecule has 0 aromatic heterocycles. The molecule has 0 aliphatic rings. The number of unbranched alkanes of at least 4 members (excludes halogenated alkanes) is 28. The van der Waals surface area contributed by atoms with Gasteiger partial charge in [-0.05, 0) is 92.7 Å². The standard InChI is InChI=1S/4C21H42O2.Sn/c4*1-17(2)21(18(3)4,19(5)6)16-14-12-10-8-7-9-11-13-15-20(22)23;/h4*17-19H,7-16H2,1-6H3,(H,22,23);/q;;;;+4/p-4. The van der Waals surface area contributed by atoms with E-state index in [9.17, 15) is 19.2 Å². The molecular weight excluding hydrogens is 1260 g/mol. The van der Waals surface area contributed by atoms with Gasteiger partial charge in [-0.2, -0.15) is 0 Å². The fourth-order valence-corrected chi connectivity index (χ4v) is 24.5. The third kappa shape index (κ3) is 33.1. The van der Waals surface area contributed by atoms with Crippen molar-refractivity contribution in [2.45, 2.75) is 423 Å². The van der Waals surface area contributed by atoms with Crippen LogP contribution in [0.3, 0.4) is 0 Å². The van der Waals surface area contributed by atoms with E-state index in [0.29, 0.717) is 118 Å². The van der Waals surface area contributed by atoms with Crippen molar-refractivity contribution < 1.29 is 31.5 Å². The van der Waals surface area contributed by atoms with Crippen LogP contribution in [0.1, 0.15) is 423 Å². The minimum Gasteiger partial charge on any atom is -0.0622 e. The number of carbonyl (C=O) groups is 4. The Balaban J connectivity index is 6.11. The van der Waals surface area contributed by atoms with Crippen LogP contribution < -0.4 is 0 Å². The van der Waals surface area contributed by atoms with Crippen molar-refractivity contribution in [3.63, 3.8) is 0 Å². The zero-order valence-corrected chi connectivity index (χ0v) is 69.8. The molecule has 0 saturated heterocycles. The van der Waals surface area contributed by atoms with Crippen LogP contribution in [-0.4, -0.2) is 43.9 Å². The van der Waals surface area contributed by atoms with Crippen molar-refractivity contribution in [3.8, 4) is 0 Å². The second-order valence-corrected chi connectivity index (χ2v) is 39.2. The topological polar surface area (TPSA) is 105 Å². The zero-order chi connectivity index (χ0) is 70.9. The van der Waals surface area contributed by atoms with Crippen LogP contribution in [0.4, 0.5) is 0 Å². The van der Waals surface area contributed by atoms with E-state index in [4.69, 9.17) is 12.3 Å². The number of hydrogen-bond donors (Lipinski definition) is 0. The van der Waals surface area contributed by atoms with Gasteiger partial charge in [0.25, 0.3) is 0 Å². The van der Waals surface area contributed by atoms with Gasteiger partial charge in [-0.15, -0.1) is 0 Å². The van der Waals surface area contributed by atoms with Crippen LogP contribution in [0.2, 0.25) is 0 Å². The molecule has 0 fully saturated rings. The molecule has 0 unspecified atom stereocenters. The Hall–Kier alpha value is -1.32. The maximum atomic E-state index is 14.0. The Morgan fingerprint density at radius 2 is 0.301 bits per heavy atom. The van der Waals surface area contributed by atoms with E-state index in [1.54, 1.807) is 0 Å². The molecule has 0 aliphatic carbocycles. The van der Waals surface area contributed by atoms with Crippen LogP contribution in [0.5, 0.6) is 0 Å². The minimum atomic E-state index is -6.02. The normalized spacial score (nSPS) is 13.2. The van der Waals surface area contributed by atoms with Crippen molar-refractivity contribution in [2.75, 3.05) is 0 Å². The van der Waals surface area contributed by atoms with Gasteiger partial charge in [0.05, 0.1) is 0 Å². The molecule has 0 spiro atoms. The molecule has 0 radical (unpaired) electrons. The molecule has 0 heterocycles. The predicted molar refractivity (Wildman–Crippen MR) is 403 cm³/mol. The fraction of sp³-hybridized carbons (Fsp3) is 0.952. The summed E-state index contributed by atoms with van der Waals surface area (Å²) in [6.45, 7) is 57.6. The Labute approximate surface area is 587 Å². The maximum absolute atomic E-state index is 14.0. The Bertz CT molecular complexity index is 1530. The van der Waals surface area contributed by atoms with Crippen LogP contribution in [0.25, 0.3) is 0 Å². The Morgan fingerprint density at radius 3 is 0.419 bits per heavy atom. The molecule has 0 saturated carbocycles. The van der Waals surface area contributed by atoms with Gasteiger partial charge in [0.15, 0.2) is 0 Å². The molecule has 0 rings (SSSR count). The SMILES string of the molecule is CC(C)C(CCCCCCCCCCC(=O)[O][Sn]([O]C(=O)CCCCCCCCCCC(C(C)C)(C(C)C)C(C)C)([O]C(=O)CCCCCCCCCCC(C(C)C)(C(C)C)C(C)C)[O]C(=O)CCCCCCCCCCC(C(C)C)(C(C)C)C(C)C)(C(C)C)C(C)C. The van der Waals surface area contributed by atoms with Crippen molar-refractivity contribution >= 4 is 43.9 Å². The van der Waals surface area contributed by atoms with E-state index < -0.39 is 43.9 Å². The second kappa shape index (κ2) is 50.1. The average molecular weight is 1420 g/mol. The molecule has 9 heteroatoms. The van der Waals surface area contributed by atoms with Crippen molar-refractivity contribution in [2.24, 2.45) is 92.7 Å². The van der Waals surface area contributed by atoms with E-state index >= 15 is 0 Å². The third-order valence-corrected chi connectivity index (χ3v) is 30.3. The molecule has 0 aliphatic heterocycles. The first-order valence-corrected chi connectivity index (χ1v) is 45.3. The Morgan fingerprint density at radius 1 is 0.194 bits per heavy atom. The van der Waals surface area contributed by atoms with Crippen LogP contribution in [-0.2, 0) is 31.5 Å². The zero-order valence-electron chi connectivity index (χ0n) is 67.0. The number of hydrogen-bond acceptors (Lipinski definition) is 8. The summed E-state index contributed by atoms with van der Waals surface area (Å²) in [5, 5.41) is 0. The minimum absolute atomic E-state index is 0.0726. The second-order valence-electron chi connectivity index (χ2n) is 34.0. The summed E-state index contributed by atoms with van der Waals surface area (Å²) < 4.78 is 24.4. The van der Waals surface area contributed by atoms with E-state index in [1.807, 2.05) is 0 Å². The molecule has 552 valence electrons. The summed E-state index contributed by atoms with van der Waals surface area (Å²) in [7, 11) is 0. The first-order valence-electron chi connectivity index (χ1n) is 40.6. The van der Waals surface area contributed by atoms with E-state index in [2.05, 4.69) is 166 Å². The molecule has 0 bridgehead atoms. The summed E-state index contributed by atoms with van der Waals surface area (Å²) in [6.07, 6.45) is 39.2. The summed E-state index contributed by atoms with van der Waals surface area (Å²) in [5.74, 6) is 5.40. The van der Waals surface area contributed by atoms with Gasteiger partial charge in [0.1, 0.15) is 0 Å². The summed E-state index contributed by atoms with van der Waals surface area (Å²) in [6, 6.07) is 0. The van der Waals surface area contributed by atoms with Crippen LogP contribution >= 0.6 is 0 Å². The van der Waals surface area contributed by atoms with E-state index in [0.717, 1.165) is 77.0 Å². The summed E-state index contributed by atoms with van der Waals surface area (Å²) >= 11 is -6.02. The van der Waals surface area contributed by atoms with Gasteiger partial charge in [-0.3, -0.25) is 0 Å². The molecule has 8 nitrogen and oxygen atoms in total. The third-order valence-electron chi connectivity index (χ3n) is 24.8. The van der Waals surface area contributed by atoms with Crippen molar-refractivity contribution in [1.29, 1.82) is 0 Å². The van der Waals surface area contributed by atoms with Crippen LogP contribution in [0, 0.1) is 92.7 Å². The monoisotopic (exact) mass is 1420 g/mol. The van der Waals surface area contributed by atoms with E-state index in [-0.39, 0.29) is 25.7 Å². The first kappa shape index (κ1) is 91.7. The van der Waals surface area contributed by atoms with Gasteiger partial charge >= 0.3 is 332 Å². The molecule has 0 aromatic carbocycles. The van der Waals surface area contributed by atoms with Crippen molar-refractivity contribution in [1.82, 2.24) is 0 Å². The molecule has 0 amide bonds. The summed E-state index contributed by atoms with van der Waals surface area (Å²) in [4.78, 5) is 55.9. The first-order chi connectivity index (χ1) is 43.7. The Kier molecular flexibility index (Phi) is 49.4. The molecule has 0 aromatic rings. The quantitative estimate of drug-likeness (QED) is 0.0438. The fourth-order valence-electron chi connectivity index (χ4n) is 19.4. The summed E-state index contributed by atoms with van der Waals surface area (Å²) in [5.41, 5.74) is 1.49. The molecule has 93 heavy (non-hydrogen) atoms. The average Bonchev–Trinajstić information content (AvgIpc) is 0.857. The molecular formula is C84H164O8Sn. The van der Waals surface area contributed by atoms with Crippen LogP contribution in [0.15, 0.2) is 0 Å². The van der Waals surface area contributed by atoms with Gasteiger partial charge < -0.3 is 0 Å².